The maximum atomic E-state index is 5.55. The molecule has 0 saturated heterocycles. The van der Waals surface area contributed by atoms with Crippen LogP contribution in [0, 0.1) is 26.2 Å². The Morgan fingerprint density at radius 1 is 1.29 bits per heavy atom. The summed E-state index contributed by atoms with van der Waals surface area (Å²) < 4.78 is 1.56. The van der Waals surface area contributed by atoms with Crippen LogP contribution in [0.3, 0.4) is 0 Å². The molecule has 1 unspecified atom stereocenters. The third-order valence-corrected chi connectivity index (χ3v) is 2.14. The van der Waals surface area contributed by atoms with E-state index in [9.17, 15) is 0 Å². The quantitative estimate of drug-likeness (QED) is 0.710. The van der Waals surface area contributed by atoms with E-state index in [0.29, 0.717) is 5.95 Å². The molecule has 2 rings (SSSR count). The van der Waals surface area contributed by atoms with E-state index in [1.165, 1.54) is 0 Å². The summed E-state index contributed by atoms with van der Waals surface area (Å²) in [5.74, 6) is 2.82. The van der Waals surface area contributed by atoms with Crippen molar-refractivity contribution in [1.82, 2.24) is 30.2 Å². The molecular formula is C10H11N7. The van der Waals surface area contributed by atoms with Crippen LogP contribution in [0.4, 0.5) is 0 Å². The molecule has 0 aromatic carbocycles. The average molecular weight is 229 g/mol. The van der Waals surface area contributed by atoms with Crippen LogP contribution in [0.5, 0.6) is 0 Å². The lowest BCUT2D eigenvalue weighted by molar-refractivity contribution is 0.661. The Morgan fingerprint density at radius 2 is 1.94 bits per heavy atom. The normalized spacial score (nSPS) is 12.1. The second kappa shape index (κ2) is 4.27. The fourth-order valence-electron chi connectivity index (χ4n) is 1.35. The van der Waals surface area contributed by atoms with Crippen LogP contribution in [0.1, 0.15) is 23.3 Å². The summed E-state index contributed by atoms with van der Waals surface area (Å²) >= 11 is 0. The molecule has 0 aliphatic heterocycles. The summed E-state index contributed by atoms with van der Waals surface area (Å²) in [5, 5.41) is 19.7. The molecule has 17 heavy (non-hydrogen) atoms. The molecule has 2 heterocycles. The van der Waals surface area contributed by atoms with Crippen LogP contribution in [0.2, 0.25) is 0 Å². The predicted molar refractivity (Wildman–Crippen MR) is 60.0 cm³/mol. The molecule has 0 fully saturated rings. The highest BCUT2D eigenvalue weighted by Crippen LogP contribution is 2.06. The van der Waals surface area contributed by atoms with Gasteiger partial charge in [0.1, 0.15) is 6.04 Å². The Labute approximate surface area is 98.1 Å². The van der Waals surface area contributed by atoms with Gasteiger partial charge in [-0.25, -0.2) is 4.68 Å². The molecule has 0 saturated carbocycles. The van der Waals surface area contributed by atoms with Crippen LogP contribution < -0.4 is 5.73 Å². The van der Waals surface area contributed by atoms with Crippen LogP contribution in [0.15, 0.2) is 6.07 Å². The molecule has 7 nitrogen and oxygen atoms in total. The van der Waals surface area contributed by atoms with Gasteiger partial charge in [0.25, 0.3) is 5.95 Å². The molecule has 2 aromatic rings. The average Bonchev–Trinajstić information content (AvgIpc) is 2.68. The molecule has 0 bridgehead atoms. The van der Waals surface area contributed by atoms with Gasteiger partial charge in [0.05, 0.1) is 5.69 Å². The number of terminal acetylenes is 1. The Bertz CT molecular complexity index is 563. The van der Waals surface area contributed by atoms with E-state index in [1.54, 1.807) is 4.68 Å². The van der Waals surface area contributed by atoms with Gasteiger partial charge in [0.2, 0.25) is 5.82 Å². The highest BCUT2D eigenvalue weighted by Gasteiger charge is 2.11. The molecule has 0 aliphatic carbocycles. The summed E-state index contributed by atoms with van der Waals surface area (Å²) in [5.41, 5.74) is 7.33. The zero-order valence-corrected chi connectivity index (χ0v) is 9.49. The summed E-state index contributed by atoms with van der Waals surface area (Å²) in [6.07, 6.45) is 5.15. The van der Waals surface area contributed by atoms with Crippen LogP contribution in [-0.4, -0.2) is 30.2 Å². The maximum absolute atomic E-state index is 5.55. The van der Waals surface area contributed by atoms with Gasteiger partial charge < -0.3 is 5.73 Å². The molecule has 2 aromatic heterocycles. The van der Waals surface area contributed by atoms with E-state index in [1.807, 2.05) is 19.9 Å². The molecule has 0 aliphatic rings. The van der Waals surface area contributed by atoms with Gasteiger partial charge in [0.15, 0.2) is 0 Å². The second-order valence-electron chi connectivity index (χ2n) is 3.54. The smallest absolute Gasteiger partial charge is 0.289 e. The lowest BCUT2D eigenvalue weighted by atomic mass is 10.3. The van der Waals surface area contributed by atoms with Crippen molar-refractivity contribution < 1.29 is 0 Å². The van der Waals surface area contributed by atoms with Crippen molar-refractivity contribution in [3.8, 4) is 18.3 Å². The topological polar surface area (TPSA) is 95.4 Å². The minimum atomic E-state index is -0.690. The van der Waals surface area contributed by atoms with Crippen molar-refractivity contribution in [1.29, 1.82) is 0 Å². The summed E-state index contributed by atoms with van der Waals surface area (Å²) in [6, 6.07) is 1.22. The predicted octanol–water partition coefficient (Wildman–Crippen LogP) is -0.298. The zero-order chi connectivity index (χ0) is 12.4. The number of nitrogens with zero attached hydrogens (tertiary/aromatic N) is 6. The van der Waals surface area contributed by atoms with E-state index >= 15 is 0 Å². The van der Waals surface area contributed by atoms with Crippen molar-refractivity contribution >= 4 is 0 Å². The SMILES string of the molecule is C#CC(N)c1nnc(-n2nc(C)cc2C)nn1. The molecule has 0 amide bonds. The molecule has 1 atom stereocenters. The Balaban J connectivity index is 2.36. The number of rotatable bonds is 2. The molecular weight excluding hydrogens is 218 g/mol. The number of hydrogen-bond donors (Lipinski definition) is 1. The molecule has 7 heteroatoms. The number of aromatic nitrogens is 6. The fraction of sp³-hybridized carbons (Fsp3) is 0.300. The lowest BCUT2D eigenvalue weighted by Gasteiger charge is -2.02. The van der Waals surface area contributed by atoms with Gasteiger partial charge in [-0.15, -0.1) is 26.8 Å². The van der Waals surface area contributed by atoms with Gasteiger partial charge in [-0.1, -0.05) is 5.92 Å². The van der Waals surface area contributed by atoms with Gasteiger partial charge in [-0.05, 0) is 19.9 Å². The molecule has 86 valence electrons. The first-order chi connectivity index (χ1) is 8.11. The van der Waals surface area contributed by atoms with Crippen molar-refractivity contribution in [2.75, 3.05) is 0 Å². The van der Waals surface area contributed by atoms with Crippen molar-refractivity contribution in [3.63, 3.8) is 0 Å². The molecule has 0 spiro atoms. The Kier molecular flexibility index (Phi) is 2.80. The zero-order valence-electron chi connectivity index (χ0n) is 9.49. The van der Waals surface area contributed by atoms with Crippen molar-refractivity contribution in [2.24, 2.45) is 5.73 Å². The number of nitrogens with two attached hydrogens (primary N) is 1. The molecule has 0 radical (unpaired) electrons. The minimum Gasteiger partial charge on any atom is -0.311 e. The maximum Gasteiger partial charge on any atom is 0.289 e. The summed E-state index contributed by atoms with van der Waals surface area (Å²) in [4.78, 5) is 0. The Morgan fingerprint density at radius 3 is 2.41 bits per heavy atom. The van der Waals surface area contributed by atoms with Gasteiger partial charge in [0, 0.05) is 5.69 Å². The fourth-order valence-corrected chi connectivity index (χ4v) is 1.35. The standard InChI is InChI=1S/C10H11N7/c1-4-8(11)9-12-14-10(15-13-9)17-7(3)5-6(2)16-17/h1,5,8H,11H2,2-3H3. The largest absolute Gasteiger partial charge is 0.311 e. The number of aryl methyl sites for hydroxylation is 2. The van der Waals surface area contributed by atoms with E-state index in [2.05, 4.69) is 31.4 Å². The highest BCUT2D eigenvalue weighted by molar-refractivity contribution is 5.17. The summed E-state index contributed by atoms with van der Waals surface area (Å²) in [7, 11) is 0. The third-order valence-electron chi connectivity index (χ3n) is 2.14. The van der Waals surface area contributed by atoms with Gasteiger partial charge >= 0.3 is 0 Å². The van der Waals surface area contributed by atoms with E-state index in [4.69, 9.17) is 12.2 Å². The van der Waals surface area contributed by atoms with Crippen molar-refractivity contribution in [2.45, 2.75) is 19.9 Å². The van der Waals surface area contributed by atoms with E-state index < -0.39 is 6.04 Å². The number of hydrogen-bond acceptors (Lipinski definition) is 6. The third kappa shape index (κ3) is 2.11. The van der Waals surface area contributed by atoms with Crippen molar-refractivity contribution in [3.05, 3.63) is 23.3 Å². The second-order valence-corrected chi connectivity index (χ2v) is 3.54. The first-order valence-electron chi connectivity index (χ1n) is 4.94. The van der Waals surface area contributed by atoms with E-state index in [-0.39, 0.29) is 5.82 Å². The lowest BCUT2D eigenvalue weighted by Crippen LogP contribution is -2.16. The first-order valence-corrected chi connectivity index (χ1v) is 4.94. The van der Waals surface area contributed by atoms with Crippen LogP contribution in [-0.2, 0) is 0 Å². The van der Waals surface area contributed by atoms with Crippen LogP contribution in [0.25, 0.3) is 5.95 Å². The Hall–Kier alpha value is -2.33. The van der Waals surface area contributed by atoms with Gasteiger partial charge in [-0.3, -0.25) is 0 Å². The monoisotopic (exact) mass is 229 g/mol. The highest BCUT2D eigenvalue weighted by atomic mass is 15.4. The first kappa shape index (κ1) is 11.2. The van der Waals surface area contributed by atoms with Crippen LogP contribution >= 0.6 is 0 Å². The molecule has 2 N–H and O–H groups in total. The summed E-state index contributed by atoms with van der Waals surface area (Å²) in [6.45, 7) is 3.78. The van der Waals surface area contributed by atoms with E-state index in [0.717, 1.165) is 11.4 Å². The van der Waals surface area contributed by atoms with Gasteiger partial charge in [-0.2, -0.15) is 5.10 Å². The minimum absolute atomic E-state index is 0.220.